The van der Waals surface area contributed by atoms with Gasteiger partial charge in [-0.15, -0.1) is 0 Å². The number of hydrogen-bond donors (Lipinski definition) is 2. The van der Waals surface area contributed by atoms with Gasteiger partial charge in [0.2, 0.25) is 0 Å². The molecule has 1 aliphatic rings. The van der Waals surface area contributed by atoms with Gasteiger partial charge in [-0.25, -0.2) is 4.79 Å². The number of aromatic hydroxyl groups is 1. The van der Waals surface area contributed by atoms with Gasteiger partial charge in [-0.3, -0.25) is 15.1 Å². The zero-order chi connectivity index (χ0) is 19.9. The van der Waals surface area contributed by atoms with E-state index in [0.29, 0.717) is 31.0 Å². The summed E-state index contributed by atoms with van der Waals surface area (Å²) in [6.07, 6.45) is 3.24. The third kappa shape index (κ3) is 5.07. The smallest absolute Gasteiger partial charge is 0.411 e. The second-order valence-electron chi connectivity index (χ2n) is 6.46. The van der Waals surface area contributed by atoms with Crippen molar-refractivity contribution in [2.75, 3.05) is 18.5 Å². The number of nitrogens with zero attached hydrogens (tertiary/aromatic N) is 1. The summed E-state index contributed by atoms with van der Waals surface area (Å²) >= 11 is 0. The fraction of sp³-hybridized carbons (Fsp3) is 0.227. The van der Waals surface area contributed by atoms with E-state index in [9.17, 15) is 14.7 Å². The number of phenols is 1. The molecule has 3 rings (SSSR count). The molecule has 2 aromatic rings. The number of allylic oxidation sites excluding steroid dienone is 2. The predicted octanol–water partition coefficient (Wildman–Crippen LogP) is 3.75. The van der Waals surface area contributed by atoms with Crippen molar-refractivity contribution in [1.29, 1.82) is 0 Å². The Bertz CT molecular complexity index is 934. The van der Waals surface area contributed by atoms with Crippen LogP contribution in [0.15, 0.2) is 65.7 Å². The minimum atomic E-state index is -0.506. The molecule has 28 heavy (non-hydrogen) atoms. The highest BCUT2D eigenvalue weighted by atomic mass is 16.5. The summed E-state index contributed by atoms with van der Waals surface area (Å²) in [5, 5.41) is 12.3. The Morgan fingerprint density at radius 1 is 1.21 bits per heavy atom. The molecule has 0 saturated carbocycles. The summed E-state index contributed by atoms with van der Waals surface area (Å²) in [5.74, 6) is -0.127. The van der Waals surface area contributed by atoms with Gasteiger partial charge in [0.15, 0.2) is 5.78 Å². The van der Waals surface area contributed by atoms with Crippen molar-refractivity contribution in [3.8, 4) is 5.75 Å². The summed E-state index contributed by atoms with van der Waals surface area (Å²) < 4.78 is 4.88. The number of phenolic OH excluding ortho intramolecular Hbond substituents is 1. The number of carbonyl (C=O) groups excluding carboxylic acids is 2. The highest BCUT2D eigenvalue weighted by Crippen LogP contribution is 2.19. The number of carbonyl (C=O) groups is 2. The highest BCUT2D eigenvalue weighted by molar-refractivity contribution is 6.12. The molecule has 0 spiro atoms. The van der Waals surface area contributed by atoms with Crippen LogP contribution in [0.25, 0.3) is 0 Å². The van der Waals surface area contributed by atoms with Crippen molar-refractivity contribution in [3.63, 3.8) is 0 Å². The van der Waals surface area contributed by atoms with Gasteiger partial charge in [0.25, 0.3) is 0 Å². The molecule has 2 aromatic carbocycles. The van der Waals surface area contributed by atoms with Crippen LogP contribution in [-0.2, 0) is 16.0 Å². The zero-order valence-corrected chi connectivity index (χ0v) is 15.6. The molecule has 0 radical (unpaired) electrons. The third-order valence-corrected chi connectivity index (χ3v) is 4.36. The Kier molecular flexibility index (Phi) is 6.22. The Morgan fingerprint density at radius 3 is 2.82 bits per heavy atom. The molecule has 6 heteroatoms. The van der Waals surface area contributed by atoms with Crippen LogP contribution in [0.2, 0.25) is 0 Å². The lowest BCUT2D eigenvalue weighted by atomic mass is 9.95. The van der Waals surface area contributed by atoms with Crippen LogP contribution in [0.1, 0.15) is 18.1 Å². The van der Waals surface area contributed by atoms with E-state index in [1.807, 2.05) is 24.3 Å². The van der Waals surface area contributed by atoms with Crippen molar-refractivity contribution in [2.45, 2.75) is 13.3 Å². The van der Waals surface area contributed by atoms with Crippen LogP contribution in [-0.4, -0.2) is 35.8 Å². The average Bonchev–Trinajstić information content (AvgIpc) is 2.84. The van der Waals surface area contributed by atoms with Crippen LogP contribution < -0.4 is 5.32 Å². The van der Waals surface area contributed by atoms with E-state index in [4.69, 9.17) is 4.74 Å². The molecule has 6 nitrogen and oxygen atoms in total. The first-order valence-corrected chi connectivity index (χ1v) is 9.13. The average molecular weight is 378 g/mol. The predicted molar refractivity (Wildman–Crippen MR) is 108 cm³/mol. The monoisotopic (exact) mass is 378 g/mol. The lowest BCUT2D eigenvalue weighted by Crippen LogP contribution is -2.18. The molecule has 144 valence electrons. The largest absolute Gasteiger partial charge is 0.508 e. The van der Waals surface area contributed by atoms with E-state index in [1.165, 1.54) is 0 Å². The third-order valence-electron chi connectivity index (χ3n) is 4.36. The lowest BCUT2D eigenvalue weighted by Gasteiger charge is -2.12. The molecule has 1 atom stereocenters. The second kappa shape index (κ2) is 8.99. The summed E-state index contributed by atoms with van der Waals surface area (Å²) in [6, 6.07) is 14.2. The van der Waals surface area contributed by atoms with E-state index in [-0.39, 0.29) is 17.5 Å². The van der Waals surface area contributed by atoms with Crippen LogP contribution in [0.3, 0.4) is 0 Å². The topological polar surface area (TPSA) is 88.0 Å². The maximum absolute atomic E-state index is 12.5. The van der Waals surface area contributed by atoms with E-state index in [2.05, 4.69) is 10.3 Å². The van der Waals surface area contributed by atoms with Gasteiger partial charge in [0, 0.05) is 17.2 Å². The number of benzene rings is 2. The number of ketones is 1. The number of amides is 1. The normalized spacial score (nSPS) is 16.2. The van der Waals surface area contributed by atoms with E-state index in [0.717, 1.165) is 11.1 Å². The fourth-order valence-electron chi connectivity index (χ4n) is 3.01. The molecule has 1 aliphatic heterocycles. The number of anilines is 1. The quantitative estimate of drug-likeness (QED) is 0.829. The Hall–Kier alpha value is -3.41. The SMILES string of the molecule is CCOC(=O)Nc1cccc(CC2CN=C(c3cccc(O)c3)C=CC2=O)c1. The number of aliphatic imine (C=N–C) groups is 1. The van der Waals surface area contributed by atoms with Crippen molar-refractivity contribution < 1.29 is 19.4 Å². The molecule has 0 bridgehead atoms. The molecule has 2 N–H and O–H groups in total. The van der Waals surface area contributed by atoms with Crippen LogP contribution in [0, 0.1) is 5.92 Å². The van der Waals surface area contributed by atoms with E-state index in [1.54, 1.807) is 43.3 Å². The standard InChI is InChI=1S/C22H22N2O4/c1-2-28-22(27)24-18-7-3-5-15(12-18)11-17-14-23-20(9-10-21(17)26)16-6-4-8-19(25)13-16/h3-10,12-13,17,25H,2,11,14H2,1H3,(H,24,27). The summed E-state index contributed by atoms with van der Waals surface area (Å²) in [4.78, 5) is 28.7. The van der Waals surface area contributed by atoms with Crippen molar-refractivity contribution in [2.24, 2.45) is 10.9 Å². The van der Waals surface area contributed by atoms with Crippen molar-refractivity contribution in [3.05, 3.63) is 71.8 Å². The first-order chi connectivity index (χ1) is 13.5. The summed E-state index contributed by atoms with van der Waals surface area (Å²) in [5.41, 5.74) is 2.99. The highest BCUT2D eigenvalue weighted by Gasteiger charge is 2.20. The Morgan fingerprint density at radius 2 is 2.04 bits per heavy atom. The number of hydrogen-bond acceptors (Lipinski definition) is 5. The van der Waals surface area contributed by atoms with Gasteiger partial charge in [-0.05, 0) is 55.3 Å². The van der Waals surface area contributed by atoms with Gasteiger partial charge in [0.1, 0.15) is 5.75 Å². The lowest BCUT2D eigenvalue weighted by molar-refractivity contribution is -0.117. The first kappa shape index (κ1) is 19.4. The molecule has 0 aliphatic carbocycles. The van der Waals surface area contributed by atoms with Gasteiger partial charge in [-0.1, -0.05) is 24.3 Å². The molecule has 0 saturated heterocycles. The summed E-state index contributed by atoms with van der Waals surface area (Å²) in [7, 11) is 0. The van der Waals surface area contributed by atoms with Gasteiger partial charge >= 0.3 is 6.09 Å². The van der Waals surface area contributed by atoms with Crippen molar-refractivity contribution in [1.82, 2.24) is 0 Å². The second-order valence-corrected chi connectivity index (χ2v) is 6.46. The molecular weight excluding hydrogens is 356 g/mol. The van der Waals surface area contributed by atoms with Crippen molar-refractivity contribution >= 4 is 23.3 Å². The van der Waals surface area contributed by atoms with Crippen LogP contribution in [0.4, 0.5) is 10.5 Å². The first-order valence-electron chi connectivity index (χ1n) is 9.13. The fourth-order valence-corrected chi connectivity index (χ4v) is 3.01. The van der Waals surface area contributed by atoms with Gasteiger partial charge in [-0.2, -0.15) is 0 Å². The number of rotatable bonds is 5. The Labute approximate surface area is 163 Å². The van der Waals surface area contributed by atoms with E-state index >= 15 is 0 Å². The molecule has 0 aromatic heterocycles. The minimum Gasteiger partial charge on any atom is -0.508 e. The maximum atomic E-state index is 12.5. The van der Waals surface area contributed by atoms with Gasteiger partial charge < -0.3 is 9.84 Å². The van der Waals surface area contributed by atoms with Gasteiger partial charge in [0.05, 0.1) is 18.9 Å². The maximum Gasteiger partial charge on any atom is 0.411 e. The zero-order valence-electron chi connectivity index (χ0n) is 15.6. The molecular formula is C22H22N2O4. The van der Waals surface area contributed by atoms with E-state index < -0.39 is 6.09 Å². The molecule has 1 unspecified atom stereocenters. The van der Waals surface area contributed by atoms with Crippen LogP contribution in [0.5, 0.6) is 5.75 Å². The number of nitrogens with one attached hydrogen (secondary N) is 1. The molecule has 1 amide bonds. The number of ether oxygens (including phenoxy) is 1. The minimum absolute atomic E-state index is 0.00246. The molecule has 0 fully saturated rings. The summed E-state index contributed by atoms with van der Waals surface area (Å²) in [6.45, 7) is 2.40. The Balaban J connectivity index is 1.72. The van der Waals surface area contributed by atoms with Crippen LogP contribution >= 0.6 is 0 Å². The molecule has 1 heterocycles.